The van der Waals surface area contributed by atoms with E-state index in [1.54, 1.807) is 12.3 Å². The largest absolute Gasteiger partial charge is 0.468 e. The van der Waals surface area contributed by atoms with E-state index in [4.69, 9.17) is 8.83 Å². The minimum atomic E-state index is -0.247. The third-order valence-electron chi connectivity index (χ3n) is 5.92. The number of nitrogens with one attached hydrogen (secondary N) is 1. The molecule has 0 bridgehead atoms. The fourth-order valence-corrected chi connectivity index (χ4v) is 4.20. The Balaban J connectivity index is 1.25. The molecule has 4 aromatic rings. The van der Waals surface area contributed by atoms with Crippen molar-refractivity contribution >= 4 is 22.6 Å². The molecule has 0 radical (unpaired) electrons. The molecule has 1 amide bonds. The molecule has 1 aliphatic heterocycles. The van der Waals surface area contributed by atoms with Crippen LogP contribution in [-0.2, 0) is 0 Å². The maximum atomic E-state index is 13.2. The maximum absolute atomic E-state index is 13.2. The molecular weight excluding hydrogens is 409 g/mol. The third kappa shape index (κ3) is 4.24. The second-order valence-corrected chi connectivity index (χ2v) is 7.89. The quantitative estimate of drug-likeness (QED) is 0.487. The highest BCUT2D eigenvalue weighted by Gasteiger charge is 2.28. The van der Waals surface area contributed by atoms with Crippen LogP contribution < -0.4 is 10.2 Å². The summed E-state index contributed by atoms with van der Waals surface area (Å²) in [6.07, 6.45) is 1.65. The van der Waals surface area contributed by atoms with Crippen LogP contribution in [0.4, 0.5) is 10.1 Å². The van der Waals surface area contributed by atoms with Crippen LogP contribution >= 0.6 is 0 Å². The molecule has 3 heterocycles. The molecule has 1 aliphatic rings. The predicted octanol–water partition coefficient (Wildman–Crippen LogP) is 4.46. The average Bonchev–Trinajstić information content (AvgIpc) is 3.50. The number of carbonyl (C=O) groups is 1. The number of amides is 1. The van der Waals surface area contributed by atoms with E-state index < -0.39 is 0 Å². The number of rotatable bonds is 6. The summed E-state index contributed by atoms with van der Waals surface area (Å²) in [6, 6.07) is 19.6. The number of nitrogens with zero attached hydrogens (tertiary/aromatic N) is 2. The van der Waals surface area contributed by atoms with E-state index in [1.807, 2.05) is 48.5 Å². The number of carbonyl (C=O) groups excluding carboxylic acids is 1. The Morgan fingerprint density at radius 3 is 2.50 bits per heavy atom. The van der Waals surface area contributed by atoms with Crippen LogP contribution in [0.1, 0.15) is 22.4 Å². The summed E-state index contributed by atoms with van der Waals surface area (Å²) in [5.41, 5.74) is 1.70. The van der Waals surface area contributed by atoms with Gasteiger partial charge in [-0.1, -0.05) is 18.2 Å². The molecule has 0 saturated carbocycles. The summed E-state index contributed by atoms with van der Waals surface area (Å²) in [7, 11) is 0. The number of piperazine rings is 1. The summed E-state index contributed by atoms with van der Waals surface area (Å²) in [6.45, 7) is 3.60. The van der Waals surface area contributed by atoms with Gasteiger partial charge in [-0.25, -0.2) is 4.39 Å². The number of hydrogen-bond donors (Lipinski definition) is 1. The van der Waals surface area contributed by atoms with Crippen molar-refractivity contribution in [3.05, 3.63) is 90.3 Å². The second kappa shape index (κ2) is 8.88. The van der Waals surface area contributed by atoms with Crippen LogP contribution in [0.3, 0.4) is 0 Å². The molecule has 2 aromatic heterocycles. The Morgan fingerprint density at radius 1 is 1.00 bits per heavy atom. The molecule has 6 nitrogen and oxygen atoms in total. The number of furan rings is 2. The molecule has 0 aliphatic carbocycles. The zero-order valence-electron chi connectivity index (χ0n) is 17.5. The van der Waals surface area contributed by atoms with Crippen molar-refractivity contribution < 1.29 is 18.0 Å². The average molecular weight is 433 g/mol. The fraction of sp³-hybridized carbons (Fsp3) is 0.240. The Kier molecular flexibility index (Phi) is 5.64. The van der Waals surface area contributed by atoms with Gasteiger partial charge in [0.15, 0.2) is 5.76 Å². The van der Waals surface area contributed by atoms with E-state index in [0.717, 1.165) is 43.0 Å². The lowest BCUT2D eigenvalue weighted by molar-refractivity contribution is 0.0897. The smallest absolute Gasteiger partial charge is 0.287 e. The van der Waals surface area contributed by atoms with Gasteiger partial charge in [0.05, 0.1) is 12.3 Å². The van der Waals surface area contributed by atoms with Gasteiger partial charge >= 0.3 is 0 Å². The first kappa shape index (κ1) is 20.3. The molecule has 1 saturated heterocycles. The molecule has 1 atom stereocenters. The van der Waals surface area contributed by atoms with Gasteiger partial charge in [-0.2, -0.15) is 0 Å². The predicted molar refractivity (Wildman–Crippen MR) is 120 cm³/mol. The van der Waals surface area contributed by atoms with Crippen molar-refractivity contribution in [1.29, 1.82) is 0 Å². The second-order valence-electron chi connectivity index (χ2n) is 7.89. The number of fused-ring (bicyclic) bond motifs is 1. The number of halogens is 1. The highest BCUT2D eigenvalue weighted by Crippen LogP contribution is 2.25. The first-order valence-electron chi connectivity index (χ1n) is 10.7. The van der Waals surface area contributed by atoms with Gasteiger partial charge in [-0.05, 0) is 48.5 Å². The minimum Gasteiger partial charge on any atom is -0.468 e. The van der Waals surface area contributed by atoms with Crippen molar-refractivity contribution in [1.82, 2.24) is 10.2 Å². The van der Waals surface area contributed by atoms with Crippen molar-refractivity contribution in [2.45, 2.75) is 6.04 Å². The van der Waals surface area contributed by atoms with Gasteiger partial charge in [-0.15, -0.1) is 0 Å². The molecule has 164 valence electrons. The molecule has 1 fully saturated rings. The van der Waals surface area contributed by atoms with Gasteiger partial charge in [0.25, 0.3) is 5.91 Å². The summed E-state index contributed by atoms with van der Waals surface area (Å²) in [5.74, 6) is 0.629. The number of para-hydroxylation sites is 1. The summed E-state index contributed by atoms with van der Waals surface area (Å²) < 4.78 is 24.6. The van der Waals surface area contributed by atoms with Crippen molar-refractivity contribution in [3.63, 3.8) is 0 Å². The van der Waals surface area contributed by atoms with Crippen molar-refractivity contribution in [3.8, 4) is 0 Å². The van der Waals surface area contributed by atoms with E-state index in [-0.39, 0.29) is 17.8 Å². The first-order valence-corrected chi connectivity index (χ1v) is 10.7. The fourth-order valence-electron chi connectivity index (χ4n) is 4.20. The van der Waals surface area contributed by atoms with Gasteiger partial charge in [0.1, 0.15) is 17.2 Å². The van der Waals surface area contributed by atoms with Crippen molar-refractivity contribution in [2.75, 3.05) is 37.6 Å². The Bertz CT molecular complexity index is 1150. The number of benzene rings is 2. The third-order valence-corrected chi connectivity index (χ3v) is 5.92. The lowest BCUT2D eigenvalue weighted by Crippen LogP contribution is -2.49. The molecule has 0 spiro atoms. The highest BCUT2D eigenvalue weighted by molar-refractivity contribution is 5.96. The maximum Gasteiger partial charge on any atom is 0.287 e. The van der Waals surface area contributed by atoms with Crippen LogP contribution in [0.5, 0.6) is 0 Å². The van der Waals surface area contributed by atoms with Crippen LogP contribution in [-0.4, -0.2) is 43.5 Å². The molecule has 32 heavy (non-hydrogen) atoms. The van der Waals surface area contributed by atoms with Crippen LogP contribution in [0.2, 0.25) is 0 Å². The van der Waals surface area contributed by atoms with E-state index in [2.05, 4.69) is 15.1 Å². The van der Waals surface area contributed by atoms with E-state index in [0.29, 0.717) is 17.9 Å². The number of hydrogen-bond acceptors (Lipinski definition) is 5. The van der Waals surface area contributed by atoms with Gasteiger partial charge in [-0.3, -0.25) is 9.69 Å². The zero-order chi connectivity index (χ0) is 21.9. The number of anilines is 1. The van der Waals surface area contributed by atoms with Gasteiger partial charge in [0, 0.05) is 43.8 Å². The molecule has 1 N–H and O–H groups in total. The van der Waals surface area contributed by atoms with Crippen molar-refractivity contribution in [2.24, 2.45) is 0 Å². The zero-order valence-corrected chi connectivity index (χ0v) is 17.5. The van der Waals surface area contributed by atoms with E-state index >= 15 is 0 Å². The highest BCUT2D eigenvalue weighted by atomic mass is 19.1. The Morgan fingerprint density at radius 2 is 1.78 bits per heavy atom. The van der Waals surface area contributed by atoms with Crippen LogP contribution in [0.25, 0.3) is 11.0 Å². The Labute approximate surface area is 185 Å². The summed E-state index contributed by atoms with van der Waals surface area (Å²) in [4.78, 5) is 17.3. The molecule has 1 unspecified atom stereocenters. The topological polar surface area (TPSA) is 61.9 Å². The first-order chi connectivity index (χ1) is 15.7. The Hall–Kier alpha value is -3.58. The standard InChI is InChI=1S/C25H24FN3O3/c26-19-7-9-20(10-8-19)28-11-13-29(14-12-28)21(23-6-3-15-31-23)17-27-25(30)24-16-18-4-1-2-5-22(18)32-24/h1-10,15-16,21H,11-14,17H2,(H,27,30). The minimum absolute atomic E-state index is 0.0892. The monoisotopic (exact) mass is 433 g/mol. The lowest BCUT2D eigenvalue weighted by atomic mass is 10.1. The van der Waals surface area contributed by atoms with E-state index in [1.165, 1.54) is 12.1 Å². The molecule has 7 heteroatoms. The molecule has 2 aromatic carbocycles. The summed E-state index contributed by atoms with van der Waals surface area (Å²) in [5, 5.41) is 3.91. The van der Waals surface area contributed by atoms with Crippen LogP contribution in [0.15, 0.2) is 81.8 Å². The molecule has 5 rings (SSSR count). The lowest BCUT2D eigenvalue weighted by Gasteiger charge is -2.39. The van der Waals surface area contributed by atoms with E-state index in [9.17, 15) is 9.18 Å². The van der Waals surface area contributed by atoms with Crippen LogP contribution in [0, 0.1) is 5.82 Å². The normalized spacial score (nSPS) is 15.7. The SMILES string of the molecule is O=C(NCC(c1ccco1)N1CCN(c2ccc(F)cc2)CC1)c1cc2ccccc2o1. The summed E-state index contributed by atoms with van der Waals surface area (Å²) >= 11 is 0. The molecular formula is C25H24FN3O3. The van der Waals surface area contributed by atoms with Gasteiger partial charge < -0.3 is 19.1 Å². The van der Waals surface area contributed by atoms with Gasteiger partial charge in [0.2, 0.25) is 0 Å².